The van der Waals surface area contributed by atoms with Gasteiger partial charge in [-0.05, 0) is 48.0 Å². The molecule has 152 valence electrons. The fraction of sp³-hybridized carbons (Fsp3) is 0.0909. The summed E-state index contributed by atoms with van der Waals surface area (Å²) in [4.78, 5) is 42.3. The Bertz CT molecular complexity index is 1090. The number of nitrogens with zero attached hydrogens (tertiary/aromatic N) is 2. The Labute approximate surface area is 172 Å². The summed E-state index contributed by atoms with van der Waals surface area (Å²) < 4.78 is 13.6. The van der Waals surface area contributed by atoms with Crippen molar-refractivity contribution in [3.8, 4) is 0 Å². The zero-order chi connectivity index (χ0) is 21.7. The molecule has 0 bridgehead atoms. The van der Waals surface area contributed by atoms with Gasteiger partial charge in [0, 0.05) is 30.7 Å². The second-order valence-electron chi connectivity index (χ2n) is 6.55. The van der Waals surface area contributed by atoms with Gasteiger partial charge in [-0.1, -0.05) is 18.2 Å². The molecule has 0 aliphatic carbocycles. The maximum atomic E-state index is 13.6. The van der Waals surface area contributed by atoms with Crippen molar-refractivity contribution in [3.05, 3.63) is 95.6 Å². The summed E-state index contributed by atoms with van der Waals surface area (Å²) in [5, 5.41) is 2.69. The van der Waals surface area contributed by atoms with E-state index in [4.69, 9.17) is 5.73 Å². The highest BCUT2D eigenvalue weighted by Crippen LogP contribution is 2.23. The highest BCUT2D eigenvalue weighted by Gasteiger charge is 2.28. The number of amides is 3. The van der Waals surface area contributed by atoms with Crippen LogP contribution in [-0.2, 0) is 4.79 Å². The predicted octanol–water partition coefficient (Wildman–Crippen LogP) is 2.77. The quantitative estimate of drug-likeness (QED) is 0.657. The third-order valence-electron chi connectivity index (χ3n) is 4.43. The lowest BCUT2D eigenvalue weighted by Gasteiger charge is -2.26. The zero-order valence-corrected chi connectivity index (χ0v) is 16.1. The van der Waals surface area contributed by atoms with E-state index in [1.165, 1.54) is 37.5 Å². The Kier molecular flexibility index (Phi) is 6.17. The number of carbonyl (C=O) groups excluding carboxylic acids is 3. The first-order valence-corrected chi connectivity index (χ1v) is 9.00. The number of hydrogen-bond donors (Lipinski definition) is 2. The number of nitrogens with one attached hydrogen (secondary N) is 1. The van der Waals surface area contributed by atoms with Crippen LogP contribution in [0.4, 0.5) is 10.1 Å². The summed E-state index contributed by atoms with van der Waals surface area (Å²) in [5.74, 6) is -2.23. The predicted molar refractivity (Wildman–Crippen MR) is 109 cm³/mol. The minimum Gasteiger partial charge on any atom is -0.368 e. The molecule has 0 aliphatic heterocycles. The van der Waals surface area contributed by atoms with Gasteiger partial charge in [0.15, 0.2) is 0 Å². The molecule has 0 saturated heterocycles. The molecule has 1 heterocycles. The standard InChI is InChI=1S/C22H19FN4O3/c1-27(19(20(24)28)14-5-2-8-17(23)11-14)22(30)15-6-3-9-18(12-15)26-21(29)16-7-4-10-25-13-16/h2-13,19H,1H3,(H2,24,28)(H,26,29). The summed E-state index contributed by atoms with van der Waals surface area (Å²) in [7, 11) is 1.41. The molecule has 30 heavy (non-hydrogen) atoms. The van der Waals surface area contributed by atoms with E-state index in [-0.39, 0.29) is 17.0 Å². The van der Waals surface area contributed by atoms with Gasteiger partial charge in [-0.25, -0.2) is 4.39 Å². The third-order valence-corrected chi connectivity index (χ3v) is 4.43. The van der Waals surface area contributed by atoms with Crippen LogP contribution in [-0.4, -0.2) is 34.7 Å². The summed E-state index contributed by atoms with van der Waals surface area (Å²) in [6.45, 7) is 0. The van der Waals surface area contributed by atoms with E-state index >= 15 is 0 Å². The van der Waals surface area contributed by atoms with Crippen LogP contribution < -0.4 is 11.1 Å². The maximum absolute atomic E-state index is 13.6. The largest absolute Gasteiger partial charge is 0.368 e. The van der Waals surface area contributed by atoms with E-state index in [0.29, 0.717) is 11.3 Å². The summed E-state index contributed by atoms with van der Waals surface area (Å²) >= 11 is 0. The Morgan fingerprint density at radius 3 is 2.43 bits per heavy atom. The third kappa shape index (κ3) is 4.67. The first-order chi connectivity index (χ1) is 14.4. The Morgan fingerprint density at radius 2 is 1.77 bits per heavy atom. The number of primary amides is 1. The van der Waals surface area contributed by atoms with Crippen LogP contribution in [0.3, 0.4) is 0 Å². The number of rotatable bonds is 6. The van der Waals surface area contributed by atoms with Gasteiger partial charge in [0.05, 0.1) is 5.56 Å². The second kappa shape index (κ2) is 8.95. The van der Waals surface area contributed by atoms with Gasteiger partial charge in [0.1, 0.15) is 11.9 Å². The van der Waals surface area contributed by atoms with Gasteiger partial charge in [0.2, 0.25) is 5.91 Å². The number of likely N-dealkylation sites (N-methyl/N-ethyl adjacent to an activating group) is 1. The Hall–Kier alpha value is -4.07. The lowest BCUT2D eigenvalue weighted by Crippen LogP contribution is -2.39. The molecule has 0 aliphatic rings. The molecule has 1 unspecified atom stereocenters. The lowest BCUT2D eigenvalue weighted by atomic mass is 10.0. The number of anilines is 1. The van der Waals surface area contributed by atoms with Crippen molar-refractivity contribution in [3.63, 3.8) is 0 Å². The Morgan fingerprint density at radius 1 is 1.03 bits per heavy atom. The van der Waals surface area contributed by atoms with Gasteiger partial charge in [0.25, 0.3) is 11.8 Å². The summed E-state index contributed by atoms with van der Waals surface area (Å²) in [5.41, 5.74) is 6.73. The van der Waals surface area contributed by atoms with Crippen molar-refractivity contribution in [2.75, 3.05) is 12.4 Å². The SMILES string of the molecule is CN(C(=O)c1cccc(NC(=O)c2cccnc2)c1)C(C(N)=O)c1cccc(F)c1. The average molecular weight is 406 g/mol. The second-order valence-corrected chi connectivity index (χ2v) is 6.55. The highest BCUT2D eigenvalue weighted by atomic mass is 19.1. The minimum absolute atomic E-state index is 0.226. The van der Waals surface area contributed by atoms with Crippen LogP contribution in [0, 0.1) is 5.82 Å². The van der Waals surface area contributed by atoms with E-state index in [2.05, 4.69) is 10.3 Å². The molecule has 0 fully saturated rings. The molecule has 0 saturated carbocycles. The van der Waals surface area contributed by atoms with E-state index in [1.807, 2.05) is 0 Å². The molecule has 0 radical (unpaired) electrons. The van der Waals surface area contributed by atoms with E-state index in [0.717, 1.165) is 11.0 Å². The minimum atomic E-state index is -1.15. The molecular formula is C22H19FN4O3. The van der Waals surface area contributed by atoms with Crippen molar-refractivity contribution in [2.45, 2.75) is 6.04 Å². The van der Waals surface area contributed by atoms with Crippen molar-refractivity contribution in [2.24, 2.45) is 5.73 Å². The normalized spacial score (nSPS) is 11.4. The fourth-order valence-corrected chi connectivity index (χ4v) is 3.01. The number of hydrogen-bond acceptors (Lipinski definition) is 4. The topological polar surface area (TPSA) is 105 Å². The molecule has 1 aromatic heterocycles. The van der Waals surface area contributed by atoms with Crippen LogP contribution in [0.2, 0.25) is 0 Å². The monoisotopic (exact) mass is 406 g/mol. The van der Waals surface area contributed by atoms with Crippen molar-refractivity contribution in [1.29, 1.82) is 0 Å². The lowest BCUT2D eigenvalue weighted by molar-refractivity contribution is -0.122. The number of aromatic nitrogens is 1. The molecule has 3 aromatic rings. The van der Waals surface area contributed by atoms with Gasteiger partial charge in [-0.15, -0.1) is 0 Å². The number of pyridine rings is 1. The fourth-order valence-electron chi connectivity index (χ4n) is 3.01. The average Bonchev–Trinajstić information content (AvgIpc) is 2.74. The molecule has 0 spiro atoms. The van der Waals surface area contributed by atoms with Gasteiger partial charge >= 0.3 is 0 Å². The zero-order valence-electron chi connectivity index (χ0n) is 16.1. The van der Waals surface area contributed by atoms with Crippen LogP contribution in [0.15, 0.2) is 73.1 Å². The molecule has 3 N–H and O–H groups in total. The van der Waals surface area contributed by atoms with Crippen LogP contribution in [0.1, 0.15) is 32.3 Å². The number of carbonyl (C=O) groups is 3. The van der Waals surface area contributed by atoms with Crippen LogP contribution in [0.5, 0.6) is 0 Å². The smallest absolute Gasteiger partial charge is 0.257 e. The number of benzene rings is 2. The molecule has 8 heteroatoms. The summed E-state index contributed by atoms with van der Waals surface area (Å²) in [6, 6.07) is 13.7. The van der Waals surface area contributed by atoms with E-state index in [9.17, 15) is 18.8 Å². The first-order valence-electron chi connectivity index (χ1n) is 9.00. The van der Waals surface area contributed by atoms with Gasteiger partial charge in [-0.3, -0.25) is 19.4 Å². The van der Waals surface area contributed by atoms with Gasteiger partial charge in [-0.2, -0.15) is 0 Å². The van der Waals surface area contributed by atoms with Crippen LogP contribution in [0.25, 0.3) is 0 Å². The number of halogens is 1. The molecular weight excluding hydrogens is 387 g/mol. The molecule has 2 aromatic carbocycles. The van der Waals surface area contributed by atoms with Crippen molar-refractivity contribution >= 4 is 23.4 Å². The molecule has 3 amide bonds. The molecule has 1 atom stereocenters. The maximum Gasteiger partial charge on any atom is 0.257 e. The van der Waals surface area contributed by atoms with Crippen molar-refractivity contribution in [1.82, 2.24) is 9.88 Å². The molecule has 7 nitrogen and oxygen atoms in total. The van der Waals surface area contributed by atoms with E-state index < -0.39 is 23.7 Å². The highest BCUT2D eigenvalue weighted by molar-refractivity contribution is 6.05. The Balaban J connectivity index is 1.82. The van der Waals surface area contributed by atoms with Crippen LogP contribution >= 0.6 is 0 Å². The molecule has 3 rings (SSSR count). The number of nitrogens with two attached hydrogens (primary N) is 1. The van der Waals surface area contributed by atoms with Gasteiger partial charge < -0.3 is 16.0 Å². The first kappa shape index (κ1) is 20.7. The van der Waals surface area contributed by atoms with E-state index in [1.54, 1.807) is 36.5 Å². The summed E-state index contributed by atoms with van der Waals surface area (Å²) in [6.07, 6.45) is 2.98. The van der Waals surface area contributed by atoms with Crippen molar-refractivity contribution < 1.29 is 18.8 Å².